The minimum absolute atomic E-state index is 0.331. The van der Waals surface area contributed by atoms with E-state index in [0.717, 1.165) is 11.1 Å². The Labute approximate surface area is 168 Å². The molecule has 2 aromatic carbocycles. The highest BCUT2D eigenvalue weighted by Crippen LogP contribution is 2.29. The second kappa shape index (κ2) is 7.83. The highest BCUT2D eigenvalue weighted by Gasteiger charge is 2.50. The molecule has 1 heterocycles. The fourth-order valence-electron chi connectivity index (χ4n) is 3.18. The Kier molecular flexibility index (Phi) is 5.45. The summed E-state index contributed by atoms with van der Waals surface area (Å²) in [5.74, 6) is 0.0223. The van der Waals surface area contributed by atoms with Gasteiger partial charge in [-0.25, -0.2) is 4.79 Å². The smallest absolute Gasteiger partial charge is 0.344 e. The second-order valence-corrected chi connectivity index (χ2v) is 6.97. The van der Waals surface area contributed by atoms with Crippen LogP contribution in [0.1, 0.15) is 23.6 Å². The standard InChI is InChI=1S/C21H23N3O5/c1-13-6-5-7-14(2)18(13)29-12-17(25)23-24-19(26)21(3,22-20(24)27)15-8-10-16(28-4)11-9-15/h5-11H,12H2,1-4H3,(H,22,27)(H,23,25)/t21-/m1/s1. The summed E-state index contributed by atoms with van der Waals surface area (Å²) in [7, 11) is 1.54. The van der Waals surface area contributed by atoms with Gasteiger partial charge in [-0.3, -0.25) is 15.0 Å². The van der Waals surface area contributed by atoms with E-state index in [0.29, 0.717) is 22.1 Å². The molecule has 8 heteroatoms. The summed E-state index contributed by atoms with van der Waals surface area (Å²) in [4.78, 5) is 37.5. The monoisotopic (exact) mass is 397 g/mol. The molecule has 0 unspecified atom stereocenters. The molecule has 8 nitrogen and oxygen atoms in total. The molecule has 1 saturated heterocycles. The van der Waals surface area contributed by atoms with E-state index in [1.807, 2.05) is 32.0 Å². The van der Waals surface area contributed by atoms with Gasteiger partial charge in [0.1, 0.15) is 17.0 Å². The first-order valence-electron chi connectivity index (χ1n) is 9.06. The molecule has 0 saturated carbocycles. The number of aryl methyl sites for hydroxylation is 2. The Morgan fingerprint density at radius 3 is 2.31 bits per heavy atom. The van der Waals surface area contributed by atoms with Gasteiger partial charge in [-0.05, 0) is 49.6 Å². The van der Waals surface area contributed by atoms with E-state index in [1.165, 1.54) is 7.11 Å². The van der Waals surface area contributed by atoms with Crippen LogP contribution >= 0.6 is 0 Å². The molecule has 0 radical (unpaired) electrons. The maximum absolute atomic E-state index is 12.9. The first-order valence-corrected chi connectivity index (χ1v) is 9.06. The van der Waals surface area contributed by atoms with Crippen molar-refractivity contribution < 1.29 is 23.9 Å². The largest absolute Gasteiger partial charge is 0.497 e. The van der Waals surface area contributed by atoms with Crippen molar-refractivity contribution in [1.29, 1.82) is 0 Å². The number of imide groups is 1. The van der Waals surface area contributed by atoms with Crippen LogP contribution in [-0.4, -0.2) is 36.6 Å². The lowest BCUT2D eigenvalue weighted by atomic mass is 9.92. The zero-order chi connectivity index (χ0) is 21.2. The zero-order valence-electron chi connectivity index (χ0n) is 16.7. The van der Waals surface area contributed by atoms with Crippen molar-refractivity contribution in [2.45, 2.75) is 26.3 Å². The molecule has 29 heavy (non-hydrogen) atoms. The number of hydrazine groups is 1. The van der Waals surface area contributed by atoms with Crippen molar-refractivity contribution >= 4 is 17.8 Å². The number of ether oxygens (including phenoxy) is 2. The first-order chi connectivity index (χ1) is 13.8. The van der Waals surface area contributed by atoms with Crippen LogP contribution in [0, 0.1) is 13.8 Å². The molecular formula is C21H23N3O5. The number of carbonyl (C=O) groups excluding carboxylic acids is 3. The maximum Gasteiger partial charge on any atom is 0.344 e. The van der Waals surface area contributed by atoms with Gasteiger partial charge in [0.15, 0.2) is 6.61 Å². The van der Waals surface area contributed by atoms with E-state index < -0.39 is 23.4 Å². The van der Waals surface area contributed by atoms with Crippen LogP contribution in [0.4, 0.5) is 4.79 Å². The summed E-state index contributed by atoms with van der Waals surface area (Å²) < 4.78 is 10.7. The molecule has 1 aliphatic rings. The van der Waals surface area contributed by atoms with Crippen molar-refractivity contribution in [3.63, 3.8) is 0 Å². The molecule has 4 amide bonds. The predicted octanol–water partition coefficient (Wildman–Crippen LogP) is 2.19. The summed E-state index contributed by atoms with van der Waals surface area (Å²) >= 11 is 0. The second-order valence-electron chi connectivity index (χ2n) is 6.97. The van der Waals surface area contributed by atoms with E-state index >= 15 is 0 Å². The maximum atomic E-state index is 12.9. The third kappa shape index (κ3) is 3.87. The molecule has 0 aliphatic carbocycles. The first kappa shape index (κ1) is 20.2. The van der Waals surface area contributed by atoms with Crippen LogP contribution < -0.4 is 20.2 Å². The quantitative estimate of drug-likeness (QED) is 0.729. The molecular weight excluding hydrogens is 374 g/mol. The Morgan fingerprint density at radius 2 is 1.72 bits per heavy atom. The fourth-order valence-corrected chi connectivity index (χ4v) is 3.18. The van der Waals surface area contributed by atoms with Crippen molar-refractivity contribution in [2.24, 2.45) is 0 Å². The fraction of sp³-hybridized carbons (Fsp3) is 0.286. The molecule has 0 aromatic heterocycles. The Balaban J connectivity index is 1.68. The molecule has 0 spiro atoms. The number of methoxy groups -OCH3 is 1. The van der Waals surface area contributed by atoms with Crippen LogP contribution in [0.25, 0.3) is 0 Å². The van der Waals surface area contributed by atoms with Crippen molar-refractivity contribution in [2.75, 3.05) is 13.7 Å². The molecule has 2 aromatic rings. The SMILES string of the molecule is COc1ccc([C@@]2(C)NC(=O)N(NC(=O)COc3c(C)cccc3C)C2=O)cc1. The zero-order valence-corrected chi connectivity index (χ0v) is 16.7. The number of carbonyl (C=O) groups is 3. The van der Waals surface area contributed by atoms with E-state index in [1.54, 1.807) is 31.2 Å². The lowest BCUT2D eigenvalue weighted by Crippen LogP contribution is -2.49. The summed E-state index contributed by atoms with van der Waals surface area (Å²) in [6.07, 6.45) is 0. The lowest BCUT2D eigenvalue weighted by molar-refractivity contribution is -0.139. The van der Waals surface area contributed by atoms with E-state index in [9.17, 15) is 14.4 Å². The van der Waals surface area contributed by atoms with Crippen molar-refractivity contribution in [3.8, 4) is 11.5 Å². The summed E-state index contributed by atoms with van der Waals surface area (Å²) in [6.45, 7) is 4.99. The summed E-state index contributed by atoms with van der Waals surface area (Å²) in [6, 6.07) is 11.7. The molecule has 1 aliphatic heterocycles. The summed E-state index contributed by atoms with van der Waals surface area (Å²) in [5, 5.41) is 3.30. The Bertz CT molecular complexity index is 937. The minimum Gasteiger partial charge on any atom is -0.497 e. The number of nitrogens with zero attached hydrogens (tertiary/aromatic N) is 1. The molecule has 3 rings (SSSR count). The van der Waals surface area contributed by atoms with E-state index in [-0.39, 0.29) is 6.61 Å². The van der Waals surface area contributed by atoms with Crippen molar-refractivity contribution in [1.82, 2.24) is 15.8 Å². The third-order valence-electron chi connectivity index (χ3n) is 4.85. The van der Waals surface area contributed by atoms with Crippen LogP contribution in [0.2, 0.25) is 0 Å². The number of para-hydroxylation sites is 1. The normalized spacial score (nSPS) is 18.4. The van der Waals surface area contributed by atoms with Crippen LogP contribution in [-0.2, 0) is 15.1 Å². The molecule has 152 valence electrons. The molecule has 0 bridgehead atoms. The van der Waals surface area contributed by atoms with Crippen LogP contribution in [0.5, 0.6) is 11.5 Å². The van der Waals surface area contributed by atoms with Crippen LogP contribution in [0.15, 0.2) is 42.5 Å². The van der Waals surface area contributed by atoms with Gasteiger partial charge in [0.05, 0.1) is 7.11 Å². The van der Waals surface area contributed by atoms with Gasteiger partial charge in [0.2, 0.25) is 0 Å². The number of benzene rings is 2. The van der Waals surface area contributed by atoms with Gasteiger partial charge < -0.3 is 14.8 Å². The number of amides is 4. The number of rotatable bonds is 6. The topological polar surface area (TPSA) is 97.0 Å². The lowest BCUT2D eigenvalue weighted by Gasteiger charge is -2.22. The highest BCUT2D eigenvalue weighted by atomic mass is 16.5. The molecule has 2 N–H and O–H groups in total. The van der Waals surface area contributed by atoms with Gasteiger partial charge in [-0.15, -0.1) is 0 Å². The van der Waals surface area contributed by atoms with Gasteiger partial charge in [-0.2, -0.15) is 5.01 Å². The van der Waals surface area contributed by atoms with E-state index in [2.05, 4.69) is 10.7 Å². The van der Waals surface area contributed by atoms with Gasteiger partial charge in [0.25, 0.3) is 11.8 Å². The number of hydrogen-bond donors (Lipinski definition) is 2. The highest BCUT2D eigenvalue weighted by molar-refractivity contribution is 6.08. The Hall–Kier alpha value is -3.55. The van der Waals surface area contributed by atoms with Gasteiger partial charge >= 0.3 is 6.03 Å². The number of nitrogens with one attached hydrogen (secondary N) is 2. The van der Waals surface area contributed by atoms with Gasteiger partial charge in [0, 0.05) is 0 Å². The van der Waals surface area contributed by atoms with Crippen LogP contribution in [0.3, 0.4) is 0 Å². The summed E-state index contributed by atoms with van der Waals surface area (Å²) in [5.41, 5.74) is 3.36. The molecule has 1 fully saturated rings. The van der Waals surface area contributed by atoms with E-state index in [4.69, 9.17) is 9.47 Å². The number of hydrogen-bond acceptors (Lipinski definition) is 5. The third-order valence-corrected chi connectivity index (χ3v) is 4.85. The predicted molar refractivity (Wildman–Crippen MR) is 105 cm³/mol. The Morgan fingerprint density at radius 1 is 1.10 bits per heavy atom. The van der Waals surface area contributed by atoms with Gasteiger partial charge in [-0.1, -0.05) is 30.3 Å². The average Bonchev–Trinajstić information content (AvgIpc) is 2.91. The van der Waals surface area contributed by atoms with Crippen molar-refractivity contribution in [3.05, 3.63) is 59.2 Å². The minimum atomic E-state index is -1.30. The average molecular weight is 397 g/mol. The molecule has 1 atom stereocenters. The number of urea groups is 1.